The number of phenols is 1. The highest BCUT2D eigenvalue weighted by Crippen LogP contribution is 2.42. The van der Waals surface area contributed by atoms with Gasteiger partial charge in [0.1, 0.15) is 11.4 Å². The summed E-state index contributed by atoms with van der Waals surface area (Å²) in [5, 5.41) is 20.7. The van der Waals surface area contributed by atoms with E-state index in [0.29, 0.717) is 28.6 Å². The smallest absolute Gasteiger partial charge is 0.342 e. The van der Waals surface area contributed by atoms with Gasteiger partial charge in [-0.3, -0.25) is 4.79 Å². The normalized spacial score (nSPS) is 15.8. The summed E-state index contributed by atoms with van der Waals surface area (Å²) in [6.07, 6.45) is 5.86. The Hall–Kier alpha value is -3.55. The number of aryl methyl sites for hydroxylation is 1. The summed E-state index contributed by atoms with van der Waals surface area (Å²) in [4.78, 5) is 25.1. The quantitative estimate of drug-likeness (QED) is 0.566. The number of rotatable bonds is 5. The van der Waals surface area contributed by atoms with Gasteiger partial charge in [-0.25, -0.2) is 4.79 Å². The van der Waals surface area contributed by atoms with E-state index in [4.69, 9.17) is 0 Å². The van der Waals surface area contributed by atoms with E-state index in [0.717, 1.165) is 31.4 Å². The van der Waals surface area contributed by atoms with Crippen LogP contribution in [-0.2, 0) is 7.05 Å². The second-order valence-electron chi connectivity index (χ2n) is 8.05. The molecule has 2 amide bonds. The topological polar surface area (TPSA) is 101 Å². The van der Waals surface area contributed by atoms with Crippen molar-refractivity contribution in [2.24, 2.45) is 7.05 Å². The van der Waals surface area contributed by atoms with E-state index < -0.39 is 0 Å². The van der Waals surface area contributed by atoms with Crippen LogP contribution in [0.15, 0.2) is 42.6 Å². The third kappa shape index (κ3) is 3.56. The fraction of sp³-hybridized carbons (Fsp3) is 0.318. The van der Waals surface area contributed by atoms with Gasteiger partial charge in [0.15, 0.2) is 0 Å². The molecule has 0 spiro atoms. The molecule has 2 aliphatic carbocycles. The van der Waals surface area contributed by atoms with Gasteiger partial charge in [0.25, 0.3) is 5.91 Å². The Morgan fingerprint density at radius 3 is 2.60 bits per heavy atom. The van der Waals surface area contributed by atoms with Crippen molar-refractivity contribution in [3.8, 4) is 17.0 Å². The van der Waals surface area contributed by atoms with E-state index in [-0.39, 0.29) is 23.7 Å². The van der Waals surface area contributed by atoms with Crippen LogP contribution in [0.5, 0.6) is 5.75 Å². The molecule has 0 unspecified atom stereocenters. The molecule has 3 N–H and O–H groups in total. The average molecular weight is 405 g/mol. The van der Waals surface area contributed by atoms with E-state index in [1.54, 1.807) is 42.1 Å². The molecule has 154 valence electrons. The van der Waals surface area contributed by atoms with Crippen LogP contribution in [0.4, 0.5) is 10.5 Å². The van der Waals surface area contributed by atoms with Gasteiger partial charge >= 0.3 is 6.03 Å². The van der Waals surface area contributed by atoms with Crippen LogP contribution in [0.2, 0.25) is 0 Å². The Kier molecular flexibility index (Phi) is 4.34. The summed E-state index contributed by atoms with van der Waals surface area (Å²) >= 11 is 0. The SMILES string of the molecule is Cn1cccc1C(=O)Nc1ccc(O)c(-c2cc(C3CC3)n(C(=O)NC3CC3)n2)c1. The van der Waals surface area contributed by atoms with Crippen molar-refractivity contribution in [1.29, 1.82) is 0 Å². The maximum atomic E-state index is 12.6. The summed E-state index contributed by atoms with van der Waals surface area (Å²) in [5.74, 6) is 0.118. The van der Waals surface area contributed by atoms with E-state index in [2.05, 4.69) is 15.7 Å². The van der Waals surface area contributed by atoms with Crippen LogP contribution in [0.3, 0.4) is 0 Å². The molecule has 5 rings (SSSR count). The summed E-state index contributed by atoms with van der Waals surface area (Å²) in [6, 6.07) is 10.3. The first-order valence-corrected chi connectivity index (χ1v) is 10.2. The third-order valence-electron chi connectivity index (χ3n) is 5.54. The molecule has 0 saturated heterocycles. The second kappa shape index (κ2) is 7.05. The van der Waals surface area contributed by atoms with Gasteiger partial charge in [-0.15, -0.1) is 0 Å². The minimum atomic E-state index is -0.243. The van der Waals surface area contributed by atoms with Crippen LogP contribution < -0.4 is 10.6 Å². The fourth-order valence-electron chi connectivity index (χ4n) is 3.53. The van der Waals surface area contributed by atoms with E-state index in [9.17, 15) is 14.7 Å². The standard InChI is InChI=1S/C22H23N5O3/c1-26-10-2-3-18(26)21(29)23-15-8-9-20(28)16(11-15)17-12-19(13-4-5-13)27(25-17)22(30)24-14-6-7-14/h2-3,8-14,28H,4-7H2,1H3,(H,23,29)(H,24,30). The molecule has 2 saturated carbocycles. The number of benzene rings is 1. The number of carbonyl (C=O) groups is 2. The number of anilines is 1. The van der Waals surface area contributed by atoms with Gasteiger partial charge in [0.05, 0.1) is 11.4 Å². The molecular weight excluding hydrogens is 382 g/mol. The largest absolute Gasteiger partial charge is 0.507 e. The number of phenolic OH excluding ortho intramolecular Hbond substituents is 1. The predicted molar refractivity (Wildman–Crippen MR) is 112 cm³/mol. The van der Waals surface area contributed by atoms with Crippen molar-refractivity contribution in [3.05, 3.63) is 54.0 Å². The molecule has 0 atom stereocenters. The van der Waals surface area contributed by atoms with Crippen molar-refractivity contribution in [2.75, 3.05) is 5.32 Å². The Balaban J connectivity index is 1.45. The van der Waals surface area contributed by atoms with Gasteiger partial charge in [-0.2, -0.15) is 9.78 Å². The first-order valence-electron chi connectivity index (χ1n) is 10.2. The Labute approximate surface area is 173 Å². The zero-order valence-electron chi connectivity index (χ0n) is 16.6. The van der Waals surface area contributed by atoms with Gasteiger partial charge < -0.3 is 20.3 Å². The molecule has 2 aromatic heterocycles. The number of carbonyl (C=O) groups excluding carboxylic acids is 2. The lowest BCUT2D eigenvalue weighted by Gasteiger charge is -2.09. The number of amides is 2. The van der Waals surface area contributed by atoms with Gasteiger partial charge in [-0.1, -0.05) is 0 Å². The lowest BCUT2D eigenvalue weighted by Crippen LogP contribution is -2.32. The zero-order valence-corrected chi connectivity index (χ0v) is 16.6. The van der Waals surface area contributed by atoms with Crippen molar-refractivity contribution < 1.29 is 14.7 Å². The zero-order chi connectivity index (χ0) is 20.8. The lowest BCUT2D eigenvalue weighted by molar-refractivity contribution is 0.101. The van der Waals surface area contributed by atoms with E-state index in [1.165, 1.54) is 10.7 Å². The Morgan fingerprint density at radius 2 is 1.93 bits per heavy atom. The van der Waals surface area contributed by atoms with Crippen molar-refractivity contribution >= 4 is 17.6 Å². The highest BCUT2D eigenvalue weighted by atomic mass is 16.3. The third-order valence-corrected chi connectivity index (χ3v) is 5.54. The number of nitrogens with zero attached hydrogens (tertiary/aromatic N) is 3. The first kappa shape index (κ1) is 18.5. The van der Waals surface area contributed by atoms with Crippen LogP contribution in [-0.4, -0.2) is 37.4 Å². The fourth-order valence-corrected chi connectivity index (χ4v) is 3.53. The molecule has 2 aliphatic rings. The monoisotopic (exact) mass is 405 g/mol. The molecule has 3 aromatic rings. The molecule has 30 heavy (non-hydrogen) atoms. The summed E-state index contributed by atoms with van der Waals surface area (Å²) in [7, 11) is 1.80. The predicted octanol–water partition coefficient (Wildman–Crippen LogP) is 3.44. The number of hydrogen-bond acceptors (Lipinski definition) is 4. The van der Waals surface area contributed by atoms with Gasteiger partial charge in [0, 0.05) is 36.5 Å². The maximum absolute atomic E-state index is 12.6. The molecule has 0 aliphatic heterocycles. The van der Waals surface area contributed by atoms with E-state index >= 15 is 0 Å². The molecule has 1 aromatic carbocycles. The highest BCUT2D eigenvalue weighted by molar-refractivity contribution is 6.03. The van der Waals surface area contributed by atoms with Crippen molar-refractivity contribution in [1.82, 2.24) is 19.7 Å². The van der Waals surface area contributed by atoms with Crippen molar-refractivity contribution in [2.45, 2.75) is 37.6 Å². The average Bonchev–Trinajstić information content (AvgIpc) is 3.64. The van der Waals surface area contributed by atoms with Crippen LogP contribution in [0.1, 0.15) is 47.8 Å². The van der Waals surface area contributed by atoms with Gasteiger partial charge in [-0.05, 0) is 62.1 Å². The Morgan fingerprint density at radius 1 is 1.13 bits per heavy atom. The highest BCUT2D eigenvalue weighted by Gasteiger charge is 2.32. The number of hydrogen-bond donors (Lipinski definition) is 3. The second-order valence-corrected chi connectivity index (χ2v) is 8.05. The number of aromatic nitrogens is 3. The van der Waals surface area contributed by atoms with Crippen molar-refractivity contribution in [3.63, 3.8) is 0 Å². The van der Waals surface area contributed by atoms with Crippen LogP contribution in [0.25, 0.3) is 11.3 Å². The molecule has 8 nitrogen and oxygen atoms in total. The maximum Gasteiger partial charge on any atom is 0.342 e. The van der Waals surface area contributed by atoms with Crippen LogP contribution in [0, 0.1) is 0 Å². The number of aromatic hydroxyl groups is 1. The first-order chi connectivity index (χ1) is 14.5. The molecule has 2 fully saturated rings. The molecule has 2 heterocycles. The Bertz CT molecular complexity index is 1140. The molecular formula is C22H23N5O3. The minimum absolute atomic E-state index is 0.0430. The summed E-state index contributed by atoms with van der Waals surface area (Å²) in [6.45, 7) is 0. The van der Waals surface area contributed by atoms with Crippen LogP contribution >= 0.6 is 0 Å². The lowest BCUT2D eigenvalue weighted by atomic mass is 10.1. The molecule has 0 bridgehead atoms. The minimum Gasteiger partial charge on any atom is -0.507 e. The summed E-state index contributed by atoms with van der Waals surface area (Å²) < 4.78 is 3.17. The summed E-state index contributed by atoms with van der Waals surface area (Å²) in [5.41, 5.74) is 2.91. The number of nitrogens with one attached hydrogen (secondary N) is 2. The van der Waals surface area contributed by atoms with E-state index in [1.807, 2.05) is 6.07 Å². The molecule has 8 heteroatoms. The van der Waals surface area contributed by atoms with Gasteiger partial charge in [0.2, 0.25) is 0 Å². The molecule has 0 radical (unpaired) electrons.